The Kier molecular flexibility index (Phi) is 5.11. The summed E-state index contributed by atoms with van der Waals surface area (Å²) in [5.74, 6) is 0.852. The molecule has 0 fully saturated rings. The standard InChI is InChI=1S/C14H26N4O/c1-6-17(10-11(2)9-15)12-13(19)18(8-7-16-12)14(3,4)5/h7-8,11H,6,9-10,15H2,1-5H3. The lowest BCUT2D eigenvalue weighted by atomic mass is 10.1. The molecule has 0 bridgehead atoms. The number of nitrogens with zero attached hydrogens (tertiary/aromatic N) is 3. The first-order chi connectivity index (χ1) is 8.81. The first-order valence-electron chi connectivity index (χ1n) is 6.84. The van der Waals surface area contributed by atoms with E-state index < -0.39 is 0 Å². The Bertz CT molecular complexity index is 461. The summed E-state index contributed by atoms with van der Waals surface area (Å²) in [5, 5.41) is 0. The summed E-state index contributed by atoms with van der Waals surface area (Å²) < 4.78 is 1.73. The average Bonchev–Trinajstić information content (AvgIpc) is 2.34. The number of aromatic nitrogens is 2. The third kappa shape index (κ3) is 3.80. The van der Waals surface area contributed by atoms with Crippen molar-refractivity contribution >= 4 is 5.82 Å². The van der Waals surface area contributed by atoms with Gasteiger partial charge in [-0.3, -0.25) is 4.79 Å². The second-order valence-corrected chi connectivity index (χ2v) is 5.98. The van der Waals surface area contributed by atoms with Gasteiger partial charge in [0.15, 0.2) is 5.82 Å². The van der Waals surface area contributed by atoms with Crippen LogP contribution in [0.5, 0.6) is 0 Å². The molecular weight excluding hydrogens is 240 g/mol. The molecule has 0 saturated heterocycles. The lowest BCUT2D eigenvalue weighted by Gasteiger charge is -2.27. The Hall–Kier alpha value is -1.36. The van der Waals surface area contributed by atoms with Crippen LogP contribution in [0.15, 0.2) is 17.2 Å². The zero-order chi connectivity index (χ0) is 14.6. The highest BCUT2D eigenvalue weighted by molar-refractivity contribution is 5.35. The summed E-state index contributed by atoms with van der Waals surface area (Å²) in [6, 6.07) is 0. The van der Waals surface area contributed by atoms with Gasteiger partial charge in [0, 0.05) is 31.0 Å². The van der Waals surface area contributed by atoms with Crippen LogP contribution in [-0.2, 0) is 5.54 Å². The van der Waals surface area contributed by atoms with Crippen molar-refractivity contribution in [3.05, 3.63) is 22.7 Å². The molecule has 1 atom stereocenters. The van der Waals surface area contributed by atoms with E-state index in [0.717, 1.165) is 13.1 Å². The highest BCUT2D eigenvalue weighted by Gasteiger charge is 2.20. The van der Waals surface area contributed by atoms with Gasteiger partial charge in [-0.2, -0.15) is 0 Å². The molecule has 1 aromatic heterocycles. The zero-order valence-electron chi connectivity index (χ0n) is 12.7. The molecule has 2 N–H and O–H groups in total. The van der Waals surface area contributed by atoms with Gasteiger partial charge in [0.05, 0.1) is 0 Å². The van der Waals surface area contributed by atoms with Crippen LogP contribution in [0.3, 0.4) is 0 Å². The summed E-state index contributed by atoms with van der Waals surface area (Å²) in [6.45, 7) is 12.2. The van der Waals surface area contributed by atoms with Crippen LogP contribution in [0.2, 0.25) is 0 Å². The Balaban J connectivity index is 3.16. The van der Waals surface area contributed by atoms with Gasteiger partial charge < -0.3 is 15.2 Å². The van der Waals surface area contributed by atoms with Crippen molar-refractivity contribution in [2.45, 2.75) is 40.2 Å². The third-order valence-corrected chi connectivity index (χ3v) is 3.16. The molecule has 1 aromatic rings. The molecule has 0 aliphatic heterocycles. The zero-order valence-corrected chi connectivity index (χ0v) is 12.7. The van der Waals surface area contributed by atoms with E-state index in [-0.39, 0.29) is 11.1 Å². The fourth-order valence-electron chi connectivity index (χ4n) is 1.96. The smallest absolute Gasteiger partial charge is 0.293 e. The van der Waals surface area contributed by atoms with Crippen molar-refractivity contribution in [2.75, 3.05) is 24.5 Å². The first-order valence-corrected chi connectivity index (χ1v) is 6.84. The average molecular weight is 266 g/mol. The minimum absolute atomic E-state index is 0.0407. The van der Waals surface area contributed by atoms with Crippen molar-refractivity contribution in [2.24, 2.45) is 11.7 Å². The van der Waals surface area contributed by atoms with Crippen LogP contribution in [0.25, 0.3) is 0 Å². The first kappa shape index (κ1) is 15.7. The van der Waals surface area contributed by atoms with Gasteiger partial charge in [-0.15, -0.1) is 0 Å². The molecule has 0 spiro atoms. The highest BCUT2D eigenvalue weighted by atomic mass is 16.1. The fraction of sp³-hybridized carbons (Fsp3) is 0.714. The van der Waals surface area contributed by atoms with Crippen molar-refractivity contribution in [3.8, 4) is 0 Å². The number of nitrogens with two attached hydrogens (primary N) is 1. The Labute approximate surface area is 115 Å². The highest BCUT2D eigenvalue weighted by Crippen LogP contribution is 2.13. The molecule has 0 amide bonds. The van der Waals surface area contributed by atoms with Crippen LogP contribution < -0.4 is 16.2 Å². The minimum atomic E-state index is -0.242. The van der Waals surface area contributed by atoms with E-state index >= 15 is 0 Å². The molecule has 1 rings (SSSR count). The maximum atomic E-state index is 12.5. The number of rotatable bonds is 5. The molecule has 108 valence electrons. The van der Waals surface area contributed by atoms with Gasteiger partial charge in [-0.05, 0) is 40.2 Å². The minimum Gasteiger partial charge on any atom is -0.352 e. The van der Waals surface area contributed by atoms with Crippen LogP contribution in [0, 0.1) is 5.92 Å². The fourth-order valence-corrected chi connectivity index (χ4v) is 1.96. The second kappa shape index (κ2) is 6.19. The van der Waals surface area contributed by atoms with Crippen LogP contribution >= 0.6 is 0 Å². The van der Waals surface area contributed by atoms with E-state index in [1.54, 1.807) is 17.0 Å². The van der Waals surface area contributed by atoms with Gasteiger partial charge >= 0.3 is 0 Å². The molecule has 0 saturated carbocycles. The maximum Gasteiger partial charge on any atom is 0.293 e. The monoisotopic (exact) mass is 266 g/mol. The molecule has 0 aliphatic carbocycles. The summed E-state index contributed by atoms with van der Waals surface area (Å²) in [6.07, 6.45) is 3.43. The summed E-state index contributed by atoms with van der Waals surface area (Å²) in [7, 11) is 0. The largest absolute Gasteiger partial charge is 0.352 e. The second-order valence-electron chi connectivity index (χ2n) is 5.98. The van der Waals surface area contributed by atoms with Gasteiger partial charge in [-0.25, -0.2) is 4.98 Å². The van der Waals surface area contributed by atoms with E-state index in [1.165, 1.54) is 0 Å². The van der Waals surface area contributed by atoms with Gasteiger partial charge in [0.1, 0.15) is 0 Å². The summed E-state index contributed by atoms with van der Waals surface area (Å²) >= 11 is 0. The predicted octanol–water partition coefficient (Wildman–Crippen LogP) is 1.42. The Morgan fingerprint density at radius 1 is 1.47 bits per heavy atom. The molecule has 1 unspecified atom stereocenters. The molecule has 0 radical (unpaired) electrons. The van der Waals surface area contributed by atoms with Crippen molar-refractivity contribution in [1.29, 1.82) is 0 Å². The number of anilines is 1. The Morgan fingerprint density at radius 2 is 2.11 bits per heavy atom. The van der Waals surface area contributed by atoms with E-state index in [4.69, 9.17) is 5.73 Å². The van der Waals surface area contributed by atoms with Gasteiger partial charge in [0.25, 0.3) is 5.56 Å². The molecule has 0 aliphatic rings. The Morgan fingerprint density at radius 3 is 2.58 bits per heavy atom. The van der Waals surface area contributed by atoms with Gasteiger partial charge in [-0.1, -0.05) is 6.92 Å². The van der Waals surface area contributed by atoms with E-state index in [9.17, 15) is 4.79 Å². The van der Waals surface area contributed by atoms with E-state index in [0.29, 0.717) is 18.3 Å². The van der Waals surface area contributed by atoms with Crippen molar-refractivity contribution in [3.63, 3.8) is 0 Å². The lowest BCUT2D eigenvalue weighted by molar-refractivity contribution is 0.382. The molecule has 5 heteroatoms. The summed E-state index contributed by atoms with van der Waals surface area (Å²) in [4.78, 5) is 18.8. The van der Waals surface area contributed by atoms with Crippen molar-refractivity contribution in [1.82, 2.24) is 9.55 Å². The maximum absolute atomic E-state index is 12.5. The SMILES string of the molecule is CCN(CC(C)CN)c1nccn(C(C)(C)C)c1=O. The normalized spacial score (nSPS) is 13.4. The number of hydrogen-bond acceptors (Lipinski definition) is 4. The molecule has 5 nitrogen and oxygen atoms in total. The lowest BCUT2D eigenvalue weighted by Crippen LogP contribution is -2.40. The van der Waals surface area contributed by atoms with Crippen molar-refractivity contribution < 1.29 is 0 Å². The van der Waals surface area contributed by atoms with Crippen LogP contribution in [0.4, 0.5) is 5.82 Å². The quantitative estimate of drug-likeness (QED) is 0.875. The molecule has 1 heterocycles. The van der Waals surface area contributed by atoms with Crippen LogP contribution in [0.1, 0.15) is 34.6 Å². The molecular formula is C14H26N4O. The number of hydrogen-bond donors (Lipinski definition) is 1. The topological polar surface area (TPSA) is 64.2 Å². The summed E-state index contributed by atoms with van der Waals surface area (Å²) in [5.41, 5.74) is 5.38. The van der Waals surface area contributed by atoms with Crippen LogP contribution in [-0.4, -0.2) is 29.2 Å². The van der Waals surface area contributed by atoms with Gasteiger partial charge in [0.2, 0.25) is 0 Å². The van der Waals surface area contributed by atoms with E-state index in [1.807, 2.05) is 32.6 Å². The van der Waals surface area contributed by atoms with E-state index in [2.05, 4.69) is 11.9 Å². The third-order valence-electron chi connectivity index (χ3n) is 3.16. The predicted molar refractivity (Wildman–Crippen MR) is 79.6 cm³/mol. The molecule has 0 aromatic carbocycles. The molecule has 19 heavy (non-hydrogen) atoms.